The number of hydrogen-bond acceptors (Lipinski definition) is 3. The monoisotopic (exact) mass is 317 g/mol. The minimum Gasteiger partial charge on any atom is -0.491 e. The summed E-state index contributed by atoms with van der Waals surface area (Å²) in [6, 6.07) is 10.7. The highest BCUT2D eigenvalue weighted by Gasteiger charge is 2.14. The lowest BCUT2D eigenvalue weighted by molar-refractivity contribution is 0.102. The van der Waals surface area contributed by atoms with Gasteiger partial charge in [0.05, 0.1) is 11.1 Å². The van der Waals surface area contributed by atoms with Crippen LogP contribution in [0.5, 0.6) is 5.75 Å². The van der Waals surface area contributed by atoms with Crippen molar-refractivity contribution >= 4 is 22.6 Å². The predicted molar refractivity (Wildman–Crippen MR) is 81.9 cm³/mol. The molecule has 0 spiro atoms. The zero-order valence-corrected chi connectivity index (χ0v) is 12.0. The standard InChI is InChI=1S/C16H13F2N3O2/c17-7-8-23-10-5-6-14-12(9-10)15(21-20-14)19-16(22)11-3-1-2-4-13(11)18/h1-6,9H,7-8H2,(H2,19,20,21,22). The fraction of sp³-hybridized carbons (Fsp3) is 0.125. The van der Waals surface area contributed by atoms with Crippen molar-refractivity contribution in [3.05, 3.63) is 53.8 Å². The van der Waals surface area contributed by atoms with Gasteiger partial charge in [-0.3, -0.25) is 9.89 Å². The molecule has 0 fully saturated rings. The Morgan fingerprint density at radius 1 is 1.26 bits per heavy atom. The zero-order valence-electron chi connectivity index (χ0n) is 12.0. The highest BCUT2D eigenvalue weighted by atomic mass is 19.1. The number of rotatable bonds is 5. The molecule has 0 unspecified atom stereocenters. The molecule has 1 aromatic heterocycles. The highest BCUT2D eigenvalue weighted by Crippen LogP contribution is 2.26. The molecule has 118 valence electrons. The second-order valence-corrected chi connectivity index (χ2v) is 4.75. The minimum atomic E-state index is -0.614. The van der Waals surface area contributed by atoms with Gasteiger partial charge in [-0.15, -0.1) is 0 Å². The number of halogens is 2. The summed E-state index contributed by atoms with van der Waals surface area (Å²) in [5.74, 6) is -0.514. The van der Waals surface area contributed by atoms with Gasteiger partial charge in [-0.25, -0.2) is 8.78 Å². The maximum atomic E-state index is 13.6. The fourth-order valence-electron chi connectivity index (χ4n) is 2.15. The van der Waals surface area contributed by atoms with Gasteiger partial charge in [0.2, 0.25) is 0 Å². The summed E-state index contributed by atoms with van der Waals surface area (Å²) in [5.41, 5.74) is 0.593. The van der Waals surface area contributed by atoms with Crippen LogP contribution in [0.15, 0.2) is 42.5 Å². The average molecular weight is 317 g/mol. The van der Waals surface area contributed by atoms with Gasteiger partial charge in [0.1, 0.15) is 24.8 Å². The number of alkyl halides is 1. The number of nitrogens with one attached hydrogen (secondary N) is 2. The lowest BCUT2D eigenvalue weighted by Gasteiger charge is -2.05. The molecule has 0 aliphatic carbocycles. The number of benzene rings is 2. The molecule has 7 heteroatoms. The van der Waals surface area contributed by atoms with Crippen LogP contribution in [0.3, 0.4) is 0 Å². The largest absolute Gasteiger partial charge is 0.491 e. The molecule has 0 aliphatic heterocycles. The molecule has 3 aromatic rings. The van der Waals surface area contributed by atoms with Gasteiger partial charge in [0.25, 0.3) is 5.91 Å². The number of fused-ring (bicyclic) bond motifs is 1. The van der Waals surface area contributed by atoms with Crippen LogP contribution in [0.1, 0.15) is 10.4 Å². The number of amides is 1. The molecule has 0 aliphatic rings. The fourth-order valence-corrected chi connectivity index (χ4v) is 2.15. The number of aromatic amines is 1. The van der Waals surface area contributed by atoms with Crippen LogP contribution in [0.2, 0.25) is 0 Å². The van der Waals surface area contributed by atoms with E-state index in [4.69, 9.17) is 4.74 Å². The summed E-state index contributed by atoms with van der Waals surface area (Å²) in [6.07, 6.45) is 0. The van der Waals surface area contributed by atoms with E-state index in [-0.39, 0.29) is 18.0 Å². The number of H-pyrrole nitrogens is 1. The molecule has 3 rings (SSSR count). The van der Waals surface area contributed by atoms with Gasteiger partial charge in [-0.05, 0) is 30.3 Å². The summed E-state index contributed by atoms with van der Waals surface area (Å²) in [7, 11) is 0. The van der Waals surface area contributed by atoms with Crippen molar-refractivity contribution in [2.45, 2.75) is 0 Å². The number of aromatic nitrogens is 2. The summed E-state index contributed by atoms with van der Waals surface area (Å²) >= 11 is 0. The molecule has 0 saturated heterocycles. The number of carbonyl (C=O) groups is 1. The molecule has 5 nitrogen and oxygen atoms in total. The van der Waals surface area contributed by atoms with Crippen molar-refractivity contribution in [3.8, 4) is 5.75 Å². The maximum absolute atomic E-state index is 13.6. The van der Waals surface area contributed by atoms with E-state index in [2.05, 4.69) is 15.5 Å². The van der Waals surface area contributed by atoms with Gasteiger partial charge in [0, 0.05) is 5.39 Å². The molecule has 0 bridgehead atoms. The van der Waals surface area contributed by atoms with Crippen LogP contribution in [0.4, 0.5) is 14.6 Å². The minimum absolute atomic E-state index is 0.0553. The second kappa shape index (κ2) is 6.43. The van der Waals surface area contributed by atoms with Crippen LogP contribution in [-0.2, 0) is 0 Å². The molecule has 2 aromatic carbocycles. The van der Waals surface area contributed by atoms with Gasteiger partial charge < -0.3 is 10.1 Å². The first-order valence-electron chi connectivity index (χ1n) is 6.92. The van der Waals surface area contributed by atoms with Crippen LogP contribution in [-0.4, -0.2) is 29.4 Å². The Hall–Kier alpha value is -2.96. The Bertz CT molecular complexity index is 848. The van der Waals surface area contributed by atoms with E-state index in [1.807, 2.05) is 0 Å². The molecular weight excluding hydrogens is 304 g/mol. The van der Waals surface area contributed by atoms with Gasteiger partial charge in [-0.2, -0.15) is 5.10 Å². The SMILES string of the molecule is O=C(Nc1n[nH]c2ccc(OCCF)cc12)c1ccccc1F. The van der Waals surface area contributed by atoms with E-state index in [1.165, 1.54) is 18.2 Å². The molecule has 0 radical (unpaired) electrons. The summed E-state index contributed by atoms with van der Waals surface area (Å²) in [4.78, 5) is 12.1. The van der Waals surface area contributed by atoms with E-state index in [9.17, 15) is 13.6 Å². The van der Waals surface area contributed by atoms with Crippen LogP contribution in [0.25, 0.3) is 10.9 Å². The molecule has 0 saturated carbocycles. The number of ether oxygens (including phenoxy) is 1. The summed E-state index contributed by atoms with van der Waals surface area (Å²) in [6.45, 7) is -0.652. The lowest BCUT2D eigenvalue weighted by Crippen LogP contribution is -2.14. The number of carbonyl (C=O) groups excluding carboxylic acids is 1. The maximum Gasteiger partial charge on any atom is 0.259 e. The topological polar surface area (TPSA) is 67.0 Å². The van der Waals surface area contributed by atoms with Crippen LogP contribution in [0, 0.1) is 5.82 Å². The normalized spacial score (nSPS) is 10.7. The number of hydrogen-bond donors (Lipinski definition) is 2. The first-order chi connectivity index (χ1) is 11.2. The average Bonchev–Trinajstić information content (AvgIpc) is 2.95. The summed E-state index contributed by atoms with van der Waals surface area (Å²) in [5, 5.41) is 9.90. The van der Waals surface area contributed by atoms with E-state index >= 15 is 0 Å². The molecular formula is C16H13F2N3O2. The first-order valence-corrected chi connectivity index (χ1v) is 6.92. The molecule has 0 atom stereocenters. The smallest absolute Gasteiger partial charge is 0.259 e. The Balaban J connectivity index is 1.88. The number of nitrogens with zero attached hydrogens (tertiary/aromatic N) is 1. The number of anilines is 1. The summed E-state index contributed by atoms with van der Waals surface area (Å²) < 4.78 is 31.0. The van der Waals surface area contributed by atoms with Crippen molar-refractivity contribution in [1.82, 2.24) is 10.2 Å². The Morgan fingerprint density at radius 2 is 2.09 bits per heavy atom. The van der Waals surface area contributed by atoms with E-state index < -0.39 is 18.4 Å². The van der Waals surface area contributed by atoms with Crippen molar-refractivity contribution in [2.24, 2.45) is 0 Å². The Morgan fingerprint density at radius 3 is 2.87 bits per heavy atom. The quantitative estimate of drug-likeness (QED) is 0.759. The van der Waals surface area contributed by atoms with E-state index in [1.54, 1.807) is 24.3 Å². The van der Waals surface area contributed by atoms with E-state index in [0.29, 0.717) is 16.7 Å². The van der Waals surface area contributed by atoms with Crippen LogP contribution >= 0.6 is 0 Å². The Kier molecular flexibility index (Phi) is 4.18. The lowest BCUT2D eigenvalue weighted by atomic mass is 10.2. The molecule has 2 N–H and O–H groups in total. The zero-order chi connectivity index (χ0) is 16.2. The molecule has 1 amide bonds. The van der Waals surface area contributed by atoms with Gasteiger partial charge in [0.15, 0.2) is 5.82 Å². The molecule has 1 heterocycles. The first kappa shape index (κ1) is 15.0. The Labute approximate surface area is 130 Å². The van der Waals surface area contributed by atoms with Crippen molar-refractivity contribution in [3.63, 3.8) is 0 Å². The third-order valence-corrected chi connectivity index (χ3v) is 3.23. The predicted octanol–water partition coefficient (Wildman–Crippen LogP) is 3.30. The van der Waals surface area contributed by atoms with E-state index in [0.717, 1.165) is 0 Å². The third kappa shape index (κ3) is 3.13. The highest BCUT2D eigenvalue weighted by molar-refractivity contribution is 6.08. The van der Waals surface area contributed by atoms with Crippen molar-refractivity contribution in [1.29, 1.82) is 0 Å². The second-order valence-electron chi connectivity index (χ2n) is 4.75. The van der Waals surface area contributed by atoms with Gasteiger partial charge >= 0.3 is 0 Å². The molecule has 23 heavy (non-hydrogen) atoms. The van der Waals surface area contributed by atoms with Crippen molar-refractivity contribution < 1.29 is 18.3 Å². The van der Waals surface area contributed by atoms with Crippen LogP contribution < -0.4 is 10.1 Å². The van der Waals surface area contributed by atoms with Crippen molar-refractivity contribution in [2.75, 3.05) is 18.6 Å². The van der Waals surface area contributed by atoms with Gasteiger partial charge in [-0.1, -0.05) is 12.1 Å². The third-order valence-electron chi connectivity index (χ3n) is 3.23.